The van der Waals surface area contributed by atoms with Crippen molar-refractivity contribution in [1.82, 2.24) is 4.98 Å². The molecule has 3 aromatic rings. The monoisotopic (exact) mass is 417 g/mol. The smallest absolute Gasteiger partial charge is 0.238 e. The van der Waals surface area contributed by atoms with Crippen molar-refractivity contribution in [2.75, 3.05) is 5.32 Å². The van der Waals surface area contributed by atoms with E-state index in [2.05, 4.69) is 34.4 Å². The number of nitrogens with one attached hydrogen (secondary N) is 2. The number of azo groups is 1. The first-order valence-electron chi connectivity index (χ1n) is 8.35. The Morgan fingerprint density at radius 3 is 2.68 bits per heavy atom. The number of aromatic amines is 1. The van der Waals surface area contributed by atoms with Gasteiger partial charge in [0.1, 0.15) is 0 Å². The molecule has 0 aliphatic rings. The quantitative estimate of drug-likeness (QED) is 0.374. The highest BCUT2D eigenvalue weighted by atomic mass is 32.2. The van der Waals surface area contributed by atoms with Gasteiger partial charge in [-0.1, -0.05) is 26.0 Å². The SMILES string of the molecule is CC(C)c1ccc2[nH]c(O)c(N=NC(=S)Nc3cccc(S(N)(=O)=O)c3)c2c1. The Morgan fingerprint density at radius 2 is 2.00 bits per heavy atom. The average Bonchev–Trinajstić information content (AvgIpc) is 2.93. The molecular formula is C18H19N5O3S2. The fourth-order valence-electron chi connectivity index (χ4n) is 2.64. The maximum atomic E-state index is 11.4. The molecule has 8 nitrogen and oxygen atoms in total. The zero-order valence-electron chi connectivity index (χ0n) is 15.2. The van der Waals surface area contributed by atoms with Crippen LogP contribution in [-0.4, -0.2) is 23.6 Å². The summed E-state index contributed by atoms with van der Waals surface area (Å²) in [5.41, 5.74) is 2.51. The highest BCUT2D eigenvalue weighted by Crippen LogP contribution is 2.37. The van der Waals surface area contributed by atoms with Gasteiger partial charge in [0.05, 0.1) is 10.4 Å². The first-order valence-corrected chi connectivity index (χ1v) is 10.3. The number of hydrogen-bond acceptors (Lipinski definition) is 5. The largest absolute Gasteiger partial charge is 0.493 e. The maximum absolute atomic E-state index is 11.4. The summed E-state index contributed by atoms with van der Waals surface area (Å²) >= 11 is 5.14. The predicted octanol–water partition coefficient (Wildman–Crippen LogP) is 4.13. The van der Waals surface area contributed by atoms with Gasteiger partial charge < -0.3 is 15.4 Å². The molecule has 1 heterocycles. The Labute approximate surface area is 167 Å². The van der Waals surface area contributed by atoms with Crippen LogP contribution in [-0.2, 0) is 10.0 Å². The van der Waals surface area contributed by atoms with Crippen molar-refractivity contribution in [3.05, 3.63) is 48.0 Å². The minimum atomic E-state index is -3.82. The topological polar surface area (TPSA) is 133 Å². The molecule has 0 saturated heterocycles. The molecule has 2 aromatic carbocycles. The second-order valence-corrected chi connectivity index (χ2v) is 8.43. The fraction of sp³-hybridized carbons (Fsp3) is 0.167. The molecule has 0 bridgehead atoms. The van der Waals surface area contributed by atoms with Crippen molar-refractivity contribution in [2.24, 2.45) is 15.4 Å². The Balaban J connectivity index is 1.85. The van der Waals surface area contributed by atoms with Gasteiger partial charge in [0.2, 0.25) is 21.0 Å². The van der Waals surface area contributed by atoms with E-state index in [-0.39, 0.29) is 21.6 Å². The van der Waals surface area contributed by atoms with E-state index in [0.717, 1.165) is 16.5 Å². The third-order valence-electron chi connectivity index (χ3n) is 4.10. The van der Waals surface area contributed by atoms with Crippen LogP contribution in [0.1, 0.15) is 25.3 Å². The Hall–Kier alpha value is -2.82. The molecule has 0 atom stereocenters. The van der Waals surface area contributed by atoms with E-state index in [1.807, 2.05) is 18.2 Å². The number of sulfonamides is 1. The lowest BCUT2D eigenvalue weighted by Gasteiger charge is -2.05. The maximum Gasteiger partial charge on any atom is 0.238 e. The van der Waals surface area contributed by atoms with E-state index in [1.165, 1.54) is 18.2 Å². The summed E-state index contributed by atoms with van der Waals surface area (Å²) in [7, 11) is -3.82. The van der Waals surface area contributed by atoms with Gasteiger partial charge in [-0.15, -0.1) is 10.2 Å². The molecule has 28 heavy (non-hydrogen) atoms. The third-order valence-corrected chi connectivity index (χ3v) is 5.19. The van der Waals surface area contributed by atoms with E-state index >= 15 is 0 Å². The van der Waals surface area contributed by atoms with Crippen LogP contribution in [0.5, 0.6) is 5.88 Å². The van der Waals surface area contributed by atoms with Gasteiger partial charge in [-0.2, -0.15) is 0 Å². The molecule has 5 N–H and O–H groups in total. The zero-order valence-corrected chi connectivity index (χ0v) is 16.8. The summed E-state index contributed by atoms with van der Waals surface area (Å²) < 4.78 is 22.9. The van der Waals surface area contributed by atoms with Gasteiger partial charge >= 0.3 is 0 Å². The minimum absolute atomic E-state index is 0.000309. The van der Waals surface area contributed by atoms with Crippen LogP contribution >= 0.6 is 12.2 Å². The molecule has 3 rings (SSSR count). The lowest BCUT2D eigenvalue weighted by Crippen LogP contribution is -2.13. The lowest BCUT2D eigenvalue weighted by atomic mass is 10.0. The summed E-state index contributed by atoms with van der Waals surface area (Å²) in [6, 6.07) is 11.7. The van der Waals surface area contributed by atoms with E-state index in [4.69, 9.17) is 17.4 Å². The Morgan fingerprint density at radius 1 is 1.25 bits per heavy atom. The number of anilines is 1. The number of fused-ring (bicyclic) bond motifs is 1. The molecular weight excluding hydrogens is 398 g/mol. The number of aromatic nitrogens is 1. The van der Waals surface area contributed by atoms with Crippen LogP contribution in [0.3, 0.4) is 0 Å². The highest BCUT2D eigenvalue weighted by molar-refractivity contribution is 7.89. The van der Waals surface area contributed by atoms with Gasteiger partial charge in [0.25, 0.3) is 0 Å². The van der Waals surface area contributed by atoms with Crippen molar-refractivity contribution < 1.29 is 13.5 Å². The van der Waals surface area contributed by atoms with Crippen molar-refractivity contribution >= 4 is 49.6 Å². The van der Waals surface area contributed by atoms with Crippen LogP contribution in [0.25, 0.3) is 10.9 Å². The molecule has 1 aromatic heterocycles. The van der Waals surface area contributed by atoms with E-state index < -0.39 is 10.0 Å². The molecule has 0 spiro atoms. The number of aromatic hydroxyl groups is 1. The van der Waals surface area contributed by atoms with Crippen molar-refractivity contribution in [1.29, 1.82) is 0 Å². The number of H-pyrrole nitrogens is 1. The summed E-state index contributed by atoms with van der Waals surface area (Å²) in [6.45, 7) is 4.15. The molecule has 0 fully saturated rings. The second-order valence-electron chi connectivity index (χ2n) is 6.48. The fourth-order valence-corrected chi connectivity index (χ4v) is 3.35. The standard InChI is InChI=1S/C18H19N5O3S2/c1-10(2)11-6-7-15-14(8-11)16(17(24)21-15)22-23-18(27)20-12-4-3-5-13(9-12)28(19,25)26/h3-10,21,24H,1-2H3,(H,20,27)(H2,19,25,26). The molecule has 146 valence electrons. The number of rotatable bonds is 4. The van der Waals surface area contributed by atoms with Crippen LogP contribution in [0.15, 0.2) is 57.6 Å². The number of hydrogen-bond donors (Lipinski definition) is 4. The molecule has 0 aliphatic carbocycles. The van der Waals surface area contributed by atoms with Crippen LogP contribution in [0.2, 0.25) is 0 Å². The minimum Gasteiger partial charge on any atom is -0.493 e. The van der Waals surface area contributed by atoms with Gasteiger partial charge in [-0.25, -0.2) is 13.6 Å². The molecule has 0 amide bonds. The summed E-state index contributed by atoms with van der Waals surface area (Å²) in [6.07, 6.45) is 0. The zero-order chi connectivity index (χ0) is 20.5. The van der Waals surface area contributed by atoms with E-state index in [1.54, 1.807) is 6.07 Å². The molecule has 0 aliphatic heterocycles. The number of primary sulfonamides is 1. The first kappa shape index (κ1) is 19.9. The third kappa shape index (κ3) is 4.35. The Bertz CT molecular complexity index is 1180. The first-order chi connectivity index (χ1) is 13.1. The van der Waals surface area contributed by atoms with Crippen LogP contribution in [0.4, 0.5) is 11.4 Å². The van der Waals surface area contributed by atoms with E-state index in [0.29, 0.717) is 11.6 Å². The molecule has 0 radical (unpaired) electrons. The highest BCUT2D eigenvalue weighted by Gasteiger charge is 2.13. The second kappa shape index (κ2) is 7.66. The average molecular weight is 418 g/mol. The van der Waals surface area contributed by atoms with Crippen LogP contribution < -0.4 is 10.5 Å². The summed E-state index contributed by atoms with van der Waals surface area (Å²) in [5, 5.41) is 26.7. The molecule has 0 unspecified atom stereocenters. The van der Waals surface area contributed by atoms with Crippen LogP contribution in [0, 0.1) is 0 Å². The number of nitrogens with two attached hydrogens (primary N) is 1. The Kier molecular flexibility index (Phi) is 5.45. The van der Waals surface area contributed by atoms with Gasteiger partial charge in [0, 0.05) is 11.1 Å². The van der Waals surface area contributed by atoms with Crippen molar-refractivity contribution in [2.45, 2.75) is 24.7 Å². The van der Waals surface area contributed by atoms with E-state index in [9.17, 15) is 13.5 Å². The van der Waals surface area contributed by atoms with Gasteiger partial charge in [-0.05, 0) is 54.0 Å². The molecule has 10 heteroatoms. The van der Waals surface area contributed by atoms with Gasteiger partial charge in [0.15, 0.2) is 5.69 Å². The van der Waals surface area contributed by atoms with Crippen molar-refractivity contribution in [3.63, 3.8) is 0 Å². The normalized spacial score (nSPS) is 12.1. The number of nitrogens with zero attached hydrogens (tertiary/aromatic N) is 2. The van der Waals surface area contributed by atoms with Crippen molar-refractivity contribution in [3.8, 4) is 5.88 Å². The summed E-state index contributed by atoms with van der Waals surface area (Å²) in [5.74, 6) is 0.207. The summed E-state index contributed by atoms with van der Waals surface area (Å²) in [4.78, 5) is 2.80. The van der Waals surface area contributed by atoms with Gasteiger partial charge in [-0.3, -0.25) is 0 Å². The predicted molar refractivity (Wildman–Crippen MR) is 113 cm³/mol. The lowest BCUT2D eigenvalue weighted by molar-refractivity contribution is 0.459. The molecule has 0 saturated carbocycles. The number of benzene rings is 2. The number of thiocarbonyl (C=S) groups is 1.